The third-order valence-electron chi connectivity index (χ3n) is 6.27. The smallest absolute Gasteiger partial charge is 0.265 e. The summed E-state index contributed by atoms with van der Waals surface area (Å²) in [5.41, 5.74) is 4.17. The number of fused-ring (bicyclic) bond motifs is 1. The molecule has 2 aliphatic heterocycles. The lowest BCUT2D eigenvalue weighted by atomic mass is 9.82. The molecule has 35 heavy (non-hydrogen) atoms. The van der Waals surface area contributed by atoms with Gasteiger partial charge < -0.3 is 19.7 Å². The highest BCUT2D eigenvalue weighted by molar-refractivity contribution is 8.26. The van der Waals surface area contributed by atoms with Crippen molar-refractivity contribution in [3.63, 3.8) is 0 Å². The Kier molecular flexibility index (Phi) is 6.83. The number of hydrogen-bond acceptors (Lipinski definition) is 6. The van der Waals surface area contributed by atoms with Gasteiger partial charge in [-0.25, -0.2) is 0 Å². The SMILES string of the molecule is COC(C)(C)c1cc(CN2C(=O)COc3ccc(/C=C4\SC(=S)NC4=O)cc32)cc(C(C)(C)C)c1. The van der Waals surface area contributed by atoms with Crippen molar-refractivity contribution in [1.82, 2.24) is 5.32 Å². The largest absolute Gasteiger partial charge is 0.482 e. The molecule has 1 fully saturated rings. The number of thiocarbonyl (C=S) groups is 1. The van der Waals surface area contributed by atoms with Crippen LogP contribution in [0.2, 0.25) is 0 Å². The van der Waals surface area contributed by atoms with E-state index < -0.39 is 5.60 Å². The number of hydrogen-bond donors (Lipinski definition) is 1. The number of amides is 2. The molecule has 1 N–H and O–H groups in total. The van der Waals surface area contributed by atoms with E-state index >= 15 is 0 Å². The highest BCUT2D eigenvalue weighted by Gasteiger charge is 2.29. The molecule has 2 amide bonds. The fourth-order valence-electron chi connectivity index (χ4n) is 3.92. The van der Waals surface area contributed by atoms with Crippen LogP contribution in [-0.4, -0.2) is 29.9 Å². The molecule has 1 saturated heterocycles. The minimum absolute atomic E-state index is 0.0185. The first-order valence-electron chi connectivity index (χ1n) is 11.4. The monoisotopic (exact) mass is 510 g/mol. The van der Waals surface area contributed by atoms with Gasteiger partial charge in [-0.3, -0.25) is 9.59 Å². The van der Waals surface area contributed by atoms with E-state index in [-0.39, 0.29) is 23.8 Å². The Hall–Kier alpha value is -2.68. The van der Waals surface area contributed by atoms with Crippen LogP contribution in [0.1, 0.15) is 56.9 Å². The van der Waals surface area contributed by atoms with Gasteiger partial charge in [-0.05, 0) is 59.7 Å². The molecule has 0 aliphatic carbocycles. The van der Waals surface area contributed by atoms with Gasteiger partial charge in [0.1, 0.15) is 10.1 Å². The van der Waals surface area contributed by atoms with E-state index in [2.05, 4.69) is 44.3 Å². The Balaban J connectivity index is 1.73. The topological polar surface area (TPSA) is 67.9 Å². The zero-order chi connectivity index (χ0) is 25.5. The Morgan fingerprint density at radius 2 is 1.83 bits per heavy atom. The maximum Gasteiger partial charge on any atom is 0.265 e. The van der Waals surface area contributed by atoms with Crippen molar-refractivity contribution in [1.29, 1.82) is 0 Å². The minimum atomic E-state index is -0.470. The standard InChI is InChI=1S/C27H30N2O4S2/c1-26(2,3)18-9-17(10-19(13-18)27(4,5)32-6)14-29-20-11-16(7-8-21(20)33-15-23(29)30)12-22-24(31)28-25(34)35-22/h7-13H,14-15H2,1-6H3,(H,28,31,34)/b22-12-. The number of anilines is 1. The van der Waals surface area contributed by atoms with Crippen LogP contribution in [0.4, 0.5) is 5.69 Å². The van der Waals surface area contributed by atoms with Gasteiger partial charge in [0.2, 0.25) is 0 Å². The van der Waals surface area contributed by atoms with Crippen LogP contribution in [0.5, 0.6) is 5.75 Å². The Labute approximate surface area is 216 Å². The number of benzene rings is 2. The molecule has 184 valence electrons. The van der Waals surface area contributed by atoms with Crippen LogP contribution in [0, 0.1) is 0 Å². The van der Waals surface area contributed by atoms with Crippen LogP contribution >= 0.6 is 24.0 Å². The molecular formula is C27H30N2O4S2. The molecule has 0 atom stereocenters. The van der Waals surface area contributed by atoms with E-state index in [1.165, 1.54) is 17.3 Å². The second kappa shape index (κ2) is 9.41. The molecule has 0 spiro atoms. The summed E-state index contributed by atoms with van der Waals surface area (Å²) in [5, 5.41) is 2.63. The molecular weight excluding hydrogens is 480 g/mol. The first kappa shape index (κ1) is 25.4. The van der Waals surface area contributed by atoms with Gasteiger partial charge in [0.25, 0.3) is 11.8 Å². The number of nitrogens with zero attached hydrogens (tertiary/aromatic N) is 1. The van der Waals surface area contributed by atoms with Crippen LogP contribution in [0.25, 0.3) is 6.08 Å². The van der Waals surface area contributed by atoms with Crippen molar-refractivity contribution in [3.8, 4) is 5.75 Å². The Morgan fingerprint density at radius 3 is 2.46 bits per heavy atom. The van der Waals surface area contributed by atoms with E-state index in [1.807, 2.05) is 32.0 Å². The maximum absolute atomic E-state index is 13.0. The average Bonchev–Trinajstić information content (AvgIpc) is 3.11. The number of carbonyl (C=O) groups excluding carboxylic acids is 2. The average molecular weight is 511 g/mol. The van der Waals surface area contributed by atoms with Gasteiger partial charge in [0.05, 0.1) is 22.7 Å². The molecule has 2 aromatic carbocycles. The molecule has 0 bridgehead atoms. The van der Waals surface area contributed by atoms with Crippen LogP contribution in [0.3, 0.4) is 0 Å². The molecule has 2 aliphatic rings. The zero-order valence-electron chi connectivity index (χ0n) is 20.9. The summed E-state index contributed by atoms with van der Waals surface area (Å²) in [6.07, 6.45) is 1.77. The first-order chi connectivity index (χ1) is 16.4. The van der Waals surface area contributed by atoms with Gasteiger partial charge in [-0.2, -0.15) is 0 Å². The van der Waals surface area contributed by atoms with E-state index in [1.54, 1.807) is 18.1 Å². The van der Waals surface area contributed by atoms with E-state index in [9.17, 15) is 9.59 Å². The van der Waals surface area contributed by atoms with Gasteiger partial charge in [-0.1, -0.05) is 69.0 Å². The number of rotatable bonds is 5. The highest BCUT2D eigenvalue weighted by atomic mass is 32.2. The molecule has 0 unspecified atom stereocenters. The third-order valence-corrected chi connectivity index (χ3v) is 7.43. The fourth-order valence-corrected chi connectivity index (χ4v) is 4.96. The predicted molar refractivity (Wildman–Crippen MR) is 145 cm³/mol. The summed E-state index contributed by atoms with van der Waals surface area (Å²) < 4.78 is 11.9. The predicted octanol–water partition coefficient (Wildman–Crippen LogP) is 5.28. The van der Waals surface area contributed by atoms with E-state index in [0.29, 0.717) is 27.2 Å². The van der Waals surface area contributed by atoms with Crippen molar-refractivity contribution >= 4 is 51.9 Å². The second-order valence-electron chi connectivity index (χ2n) is 10.2. The summed E-state index contributed by atoms with van der Waals surface area (Å²) in [5.74, 6) is 0.301. The molecule has 4 rings (SSSR count). The maximum atomic E-state index is 13.0. The summed E-state index contributed by atoms with van der Waals surface area (Å²) in [6.45, 7) is 11.0. The molecule has 2 heterocycles. The quantitative estimate of drug-likeness (QED) is 0.436. The summed E-state index contributed by atoms with van der Waals surface area (Å²) in [4.78, 5) is 27.4. The van der Waals surface area contributed by atoms with Crippen molar-refractivity contribution in [2.24, 2.45) is 0 Å². The first-order valence-corrected chi connectivity index (χ1v) is 12.6. The number of thioether (sulfide) groups is 1. The van der Waals surface area contributed by atoms with Crippen LogP contribution in [-0.2, 0) is 31.9 Å². The molecule has 0 saturated carbocycles. The zero-order valence-corrected chi connectivity index (χ0v) is 22.5. The van der Waals surface area contributed by atoms with Crippen LogP contribution in [0.15, 0.2) is 41.3 Å². The minimum Gasteiger partial charge on any atom is -0.482 e. The Bertz CT molecular complexity index is 1240. The van der Waals surface area contributed by atoms with Gasteiger partial charge in [-0.15, -0.1) is 0 Å². The molecule has 6 nitrogen and oxygen atoms in total. The lowest BCUT2D eigenvalue weighted by Crippen LogP contribution is -2.38. The summed E-state index contributed by atoms with van der Waals surface area (Å²) in [7, 11) is 1.71. The summed E-state index contributed by atoms with van der Waals surface area (Å²) in [6, 6.07) is 12.0. The third kappa shape index (κ3) is 5.44. The van der Waals surface area contributed by atoms with Crippen molar-refractivity contribution in [2.75, 3.05) is 18.6 Å². The van der Waals surface area contributed by atoms with E-state index in [0.717, 1.165) is 16.7 Å². The van der Waals surface area contributed by atoms with E-state index in [4.69, 9.17) is 21.7 Å². The highest BCUT2D eigenvalue weighted by Crippen LogP contribution is 2.37. The number of ether oxygens (including phenoxy) is 2. The number of nitrogens with one attached hydrogen (secondary N) is 1. The van der Waals surface area contributed by atoms with Crippen LogP contribution < -0.4 is 15.0 Å². The molecule has 8 heteroatoms. The fraction of sp³-hybridized carbons (Fsp3) is 0.370. The van der Waals surface area contributed by atoms with Crippen molar-refractivity contribution in [2.45, 2.75) is 52.2 Å². The lowest BCUT2D eigenvalue weighted by Gasteiger charge is -2.32. The molecule has 0 aromatic heterocycles. The number of methoxy groups -OCH3 is 1. The number of carbonyl (C=O) groups is 2. The van der Waals surface area contributed by atoms with Gasteiger partial charge >= 0.3 is 0 Å². The second-order valence-corrected chi connectivity index (χ2v) is 11.9. The lowest BCUT2D eigenvalue weighted by molar-refractivity contribution is -0.121. The Morgan fingerprint density at radius 1 is 1.11 bits per heavy atom. The summed E-state index contributed by atoms with van der Waals surface area (Å²) >= 11 is 6.31. The van der Waals surface area contributed by atoms with Crippen molar-refractivity contribution in [3.05, 3.63) is 63.6 Å². The normalized spacial score (nSPS) is 17.5. The van der Waals surface area contributed by atoms with Crippen molar-refractivity contribution < 1.29 is 19.1 Å². The van der Waals surface area contributed by atoms with Gasteiger partial charge in [0.15, 0.2) is 6.61 Å². The molecule has 0 radical (unpaired) electrons. The molecule has 2 aromatic rings. The van der Waals surface area contributed by atoms with Gasteiger partial charge in [0, 0.05) is 7.11 Å².